The Morgan fingerprint density at radius 1 is 0.545 bits per heavy atom. The van der Waals surface area contributed by atoms with E-state index in [0.717, 1.165) is 78.7 Å². The van der Waals surface area contributed by atoms with Gasteiger partial charge in [0.2, 0.25) is 0 Å². The molecule has 0 spiro atoms. The third kappa shape index (κ3) is 9.14. The van der Waals surface area contributed by atoms with Gasteiger partial charge in [-0.25, -0.2) is 19.4 Å². The van der Waals surface area contributed by atoms with Gasteiger partial charge in [-0.3, -0.25) is 10.5 Å². The lowest BCUT2D eigenvalue weighted by Gasteiger charge is -2.13. The number of unbranched alkanes of at least 4 members (excludes halogenated alkanes) is 7. The van der Waals surface area contributed by atoms with E-state index in [9.17, 15) is 19.8 Å². The van der Waals surface area contributed by atoms with E-state index in [1.807, 2.05) is 30.3 Å². The molecule has 0 amide bonds. The van der Waals surface area contributed by atoms with Crippen LogP contribution in [0.3, 0.4) is 0 Å². The monoisotopic (exact) mass is 606 g/mol. The quantitative estimate of drug-likeness (QED) is 0.0470. The molecule has 4 aromatic rings. The maximum Gasteiger partial charge on any atom is 0.339 e. The highest BCUT2D eigenvalue weighted by Gasteiger charge is 2.14. The molecule has 0 aliphatic rings. The first-order chi connectivity index (χ1) is 21.4. The van der Waals surface area contributed by atoms with Gasteiger partial charge in [-0.15, -0.1) is 0 Å². The van der Waals surface area contributed by atoms with Gasteiger partial charge in [0.1, 0.15) is 30.3 Å². The van der Waals surface area contributed by atoms with E-state index < -0.39 is 11.9 Å². The van der Waals surface area contributed by atoms with Crippen molar-refractivity contribution in [2.24, 2.45) is 0 Å². The van der Waals surface area contributed by atoms with Crippen LogP contribution >= 0.6 is 0 Å². The van der Waals surface area contributed by atoms with Gasteiger partial charge in [-0.1, -0.05) is 56.7 Å². The Labute approximate surface area is 255 Å². The van der Waals surface area contributed by atoms with Gasteiger partial charge in [-0.05, 0) is 82.4 Å². The maximum absolute atomic E-state index is 11.7. The lowest BCUT2D eigenvalue weighted by molar-refractivity contribution is -0.253. The lowest BCUT2D eigenvalue weighted by Crippen LogP contribution is -2.05. The van der Waals surface area contributed by atoms with Gasteiger partial charge in [-0.2, -0.15) is 0 Å². The third-order valence-corrected chi connectivity index (χ3v) is 7.51. The number of fused-ring (bicyclic) bond motifs is 2. The van der Waals surface area contributed by atoms with E-state index in [-0.39, 0.29) is 30.1 Å². The molecule has 234 valence electrons. The van der Waals surface area contributed by atoms with Gasteiger partial charge < -0.3 is 19.7 Å². The normalized spacial score (nSPS) is 11.2. The molecule has 10 heteroatoms. The van der Waals surface area contributed by atoms with Crippen molar-refractivity contribution in [3.05, 3.63) is 82.9 Å². The summed E-state index contributed by atoms with van der Waals surface area (Å²) in [6, 6.07) is 17.3. The zero-order chi connectivity index (χ0) is 31.3. The van der Waals surface area contributed by atoms with Crippen molar-refractivity contribution in [3.8, 4) is 11.5 Å². The molecule has 4 rings (SSSR count). The molecule has 0 atom stereocenters. The summed E-state index contributed by atoms with van der Waals surface area (Å²) in [4.78, 5) is 31.6. The Morgan fingerprint density at radius 2 is 1.11 bits per heavy atom. The second-order valence-electron chi connectivity index (χ2n) is 10.7. The Balaban J connectivity index is 1.12. The number of ether oxygens (including phenoxy) is 2. The summed E-state index contributed by atoms with van der Waals surface area (Å²) >= 11 is 0. The number of carboxylic acids is 2. The van der Waals surface area contributed by atoms with Crippen molar-refractivity contribution in [1.29, 1.82) is 0 Å². The van der Waals surface area contributed by atoms with Crippen LogP contribution in [0.25, 0.3) is 21.5 Å². The number of carbonyl (C=O) groups is 2. The zero-order valence-electron chi connectivity index (χ0n) is 24.5. The molecule has 0 bridgehead atoms. The number of hydrogen-bond acceptors (Lipinski definition) is 8. The van der Waals surface area contributed by atoms with Crippen LogP contribution in [0.2, 0.25) is 0 Å². The van der Waals surface area contributed by atoms with Gasteiger partial charge in [0.15, 0.2) is 0 Å². The van der Waals surface area contributed by atoms with Crippen molar-refractivity contribution in [2.45, 2.75) is 64.6 Å². The van der Waals surface area contributed by atoms with E-state index in [1.54, 1.807) is 12.1 Å². The SMILES string of the molecule is O=C(O)c1ccc2cc(OCCCCCCCCCCOc3cc4ccc(COO)cc4cc3COO)c(C(=O)O)cc2c1. The van der Waals surface area contributed by atoms with Crippen molar-refractivity contribution in [2.75, 3.05) is 13.2 Å². The van der Waals surface area contributed by atoms with Crippen LogP contribution in [0.1, 0.15) is 83.2 Å². The van der Waals surface area contributed by atoms with Gasteiger partial charge in [0, 0.05) is 5.56 Å². The minimum absolute atomic E-state index is 0.00931. The Hall–Kier alpha value is -4.22. The zero-order valence-corrected chi connectivity index (χ0v) is 24.5. The molecule has 0 aliphatic carbocycles. The van der Waals surface area contributed by atoms with Crippen LogP contribution in [-0.4, -0.2) is 45.9 Å². The highest BCUT2D eigenvalue weighted by molar-refractivity contribution is 6.00. The van der Waals surface area contributed by atoms with Crippen molar-refractivity contribution < 1.29 is 49.6 Å². The van der Waals surface area contributed by atoms with Crippen molar-refractivity contribution >= 4 is 33.5 Å². The minimum Gasteiger partial charge on any atom is -0.493 e. The standard InChI is InChI=1S/C34H38O10/c35-33(36)26-12-11-25-20-32(30(34(37)38)18-28(25)16-26)42-14-8-6-4-2-1-3-5-7-13-41-31-19-24-10-9-23(21-43-39)15-27(24)17-29(31)22-44-40/h9-12,15-20,39-40H,1-8,13-14,21-22H2,(H,35,36)(H,37,38). The summed E-state index contributed by atoms with van der Waals surface area (Å²) in [6.07, 6.45) is 8.13. The molecule has 44 heavy (non-hydrogen) atoms. The van der Waals surface area contributed by atoms with Crippen LogP contribution < -0.4 is 9.47 Å². The molecule has 4 N–H and O–H groups in total. The second kappa shape index (κ2) is 16.6. The molecule has 0 saturated heterocycles. The number of benzene rings is 4. The van der Waals surface area contributed by atoms with Crippen molar-refractivity contribution in [3.63, 3.8) is 0 Å². The summed E-state index contributed by atoms with van der Waals surface area (Å²) in [7, 11) is 0. The predicted octanol–water partition coefficient (Wildman–Crippen LogP) is 7.95. The maximum atomic E-state index is 11.7. The van der Waals surface area contributed by atoms with Crippen LogP contribution in [0.4, 0.5) is 0 Å². The average Bonchev–Trinajstić information content (AvgIpc) is 3.01. The smallest absolute Gasteiger partial charge is 0.339 e. The fraction of sp³-hybridized carbons (Fsp3) is 0.353. The molecule has 0 heterocycles. The summed E-state index contributed by atoms with van der Waals surface area (Å²) in [5.41, 5.74) is 1.69. The number of aromatic carboxylic acids is 2. The molecule has 0 saturated carbocycles. The lowest BCUT2D eigenvalue weighted by atomic mass is 10.0. The Bertz CT molecular complexity index is 1570. The average molecular weight is 607 g/mol. The first kappa shape index (κ1) is 32.7. The van der Waals surface area contributed by atoms with Crippen LogP contribution in [0.5, 0.6) is 11.5 Å². The predicted molar refractivity (Wildman–Crippen MR) is 165 cm³/mol. The largest absolute Gasteiger partial charge is 0.493 e. The first-order valence-electron chi connectivity index (χ1n) is 14.8. The second-order valence-corrected chi connectivity index (χ2v) is 10.7. The highest BCUT2D eigenvalue weighted by Crippen LogP contribution is 2.29. The molecular weight excluding hydrogens is 568 g/mol. The Kier molecular flexibility index (Phi) is 12.3. The Morgan fingerprint density at radius 3 is 1.73 bits per heavy atom. The number of rotatable bonds is 19. The minimum atomic E-state index is -1.12. The summed E-state index contributed by atoms with van der Waals surface area (Å²) in [6.45, 7) is 1.07. The summed E-state index contributed by atoms with van der Waals surface area (Å²) in [5.74, 6) is -1.22. The fourth-order valence-electron chi connectivity index (χ4n) is 5.18. The molecule has 0 unspecified atom stereocenters. The van der Waals surface area contributed by atoms with E-state index in [1.165, 1.54) is 18.2 Å². The van der Waals surface area contributed by atoms with E-state index >= 15 is 0 Å². The van der Waals surface area contributed by atoms with E-state index in [4.69, 9.17) is 20.0 Å². The van der Waals surface area contributed by atoms with Gasteiger partial charge >= 0.3 is 11.9 Å². The first-order valence-corrected chi connectivity index (χ1v) is 14.8. The third-order valence-electron chi connectivity index (χ3n) is 7.51. The van der Waals surface area contributed by atoms with Gasteiger partial charge in [0.25, 0.3) is 0 Å². The molecule has 4 aromatic carbocycles. The van der Waals surface area contributed by atoms with Crippen molar-refractivity contribution in [1.82, 2.24) is 0 Å². The van der Waals surface area contributed by atoms with Crippen LogP contribution in [-0.2, 0) is 23.0 Å². The molecule has 0 fully saturated rings. The van der Waals surface area contributed by atoms with Crippen LogP contribution in [0.15, 0.2) is 60.7 Å². The molecule has 0 radical (unpaired) electrons. The molecule has 0 aliphatic heterocycles. The fourth-order valence-corrected chi connectivity index (χ4v) is 5.18. The van der Waals surface area contributed by atoms with Gasteiger partial charge in [0.05, 0.1) is 18.8 Å². The molecular formula is C34H38O10. The van der Waals surface area contributed by atoms with E-state index in [2.05, 4.69) is 9.78 Å². The highest BCUT2D eigenvalue weighted by atomic mass is 17.1. The summed E-state index contributed by atoms with van der Waals surface area (Å²) in [5, 5.41) is 39.7. The van der Waals surface area contributed by atoms with E-state index in [0.29, 0.717) is 24.3 Å². The summed E-state index contributed by atoms with van der Waals surface area (Å²) < 4.78 is 11.8. The molecule has 10 nitrogen and oxygen atoms in total. The topological polar surface area (TPSA) is 152 Å². The van der Waals surface area contributed by atoms with Crippen LogP contribution in [0, 0.1) is 0 Å². The molecule has 0 aromatic heterocycles. The number of hydrogen-bond donors (Lipinski definition) is 4. The number of carboxylic acid groups (broad SMARTS) is 2.